The lowest BCUT2D eigenvalue weighted by molar-refractivity contribution is 0.0797. The summed E-state index contributed by atoms with van der Waals surface area (Å²) >= 11 is 0. The number of hydrogen-bond acceptors (Lipinski definition) is 7. The smallest absolute Gasteiger partial charge is 0.253 e. The molecule has 36 heavy (non-hydrogen) atoms. The van der Waals surface area contributed by atoms with Crippen LogP contribution in [-0.2, 0) is 17.8 Å². The lowest BCUT2D eigenvalue weighted by Crippen LogP contribution is -2.49. The number of nitrogens with zero attached hydrogens (tertiary/aromatic N) is 4. The third-order valence-electron chi connectivity index (χ3n) is 7.74. The van der Waals surface area contributed by atoms with Crippen LogP contribution < -0.4 is 4.74 Å². The van der Waals surface area contributed by atoms with Gasteiger partial charge in [0.15, 0.2) is 6.61 Å². The van der Waals surface area contributed by atoms with Gasteiger partial charge >= 0.3 is 0 Å². The molecule has 2 heterocycles. The molecule has 0 spiro atoms. The first kappa shape index (κ1) is 26.8. The standard InChI is InChI=1S/C28H41FN4O3/c1-20(2)26-16-22(17-27-30-31-28(36-27)19-35-25-7-5-24(29)6-8-25)21(3)15-23(26)18-33-11-9-32(10-12-33)13-14-34-4/h5-8,15,20,22-23,26H,9-14,16-19H2,1-4H3/t22-,23-,26-/m0/s1. The molecule has 0 unspecified atom stereocenters. The normalized spacial score (nSPS) is 23.7. The van der Waals surface area contributed by atoms with Gasteiger partial charge in [0.2, 0.25) is 5.89 Å². The monoisotopic (exact) mass is 500 g/mol. The summed E-state index contributed by atoms with van der Waals surface area (Å²) in [7, 11) is 1.77. The van der Waals surface area contributed by atoms with Crippen LogP contribution in [0.2, 0.25) is 0 Å². The van der Waals surface area contributed by atoms with Crippen molar-refractivity contribution in [2.45, 2.75) is 40.2 Å². The molecule has 7 nitrogen and oxygen atoms in total. The highest BCUT2D eigenvalue weighted by Crippen LogP contribution is 2.39. The van der Waals surface area contributed by atoms with Crippen molar-refractivity contribution in [3.8, 4) is 5.75 Å². The van der Waals surface area contributed by atoms with E-state index < -0.39 is 0 Å². The Morgan fingerprint density at radius 1 is 1.06 bits per heavy atom. The summed E-state index contributed by atoms with van der Waals surface area (Å²) < 4.78 is 29.8. The van der Waals surface area contributed by atoms with Gasteiger partial charge in [0, 0.05) is 52.8 Å². The summed E-state index contributed by atoms with van der Waals surface area (Å²) in [6.45, 7) is 14.6. The van der Waals surface area contributed by atoms with Gasteiger partial charge in [-0.1, -0.05) is 25.5 Å². The van der Waals surface area contributed by atoms with E-state index in [0.29, 0.717) is 41.2 Å². The number of allylic oxidation sites excluding steroid dienone is 1. The molecule has 2 aliphatic rings. The van der Waals surface area contributed by atoms with Crippen molar-refractivity contribution >= 4 is 0 Å². The zero-order valence-electron chi connectivity index (χ0n) is 22.2. The maximum atomic E-state index is 13.1. The average molecular weight is 501 g/mol. The van der Waals surface area contributed by atoms with Crippen molar-refractivity contribution in [3.05, 3.63) is 53.5 Å². The lowest BCUT2D eigenvalue weighted by Gasteiger charge is -2.41. The third kappa shape index (κ3) is 7.37. The highest BCUT2D eigenvalue weighted by molar-refractivity contribution is 5.22. The quantitative estimate of drug-likeness (QED) is 0.423. The topological polar surface area (TPSA) is 63.9 Å². The number of ether oxygens (including phenoxy) is 2. The Labute approximate surface area is 214 Å². The summed E-state index contributed by atoms with van der Waals surface area (Å²) in [5, 5.41) is 8.43. The second-order valence-corrected chi connectivity index (χ2v) is 10.6. The number of rotatable bonds is 11. The van der Waals surface area contributed by atoms with E-state index in [-0.39, 0.29) is 12.4 Å². The second kappa shape index (κ2) is 12.8. The Bertz CT molecular complexity index is 969. The molecule has 0 saturated carbocycles. The van der Waals surface area contributed by atoms with Crippen molar-refractivity contribution in [1.29, 1.82) is 0 Å². The van der Waals surface area contributed by atoms with Gasteiger partial charge in [-0.25, -0.2) is 4.39 Å². The molecule has 1 aliphatic heterocycles. The zero-order chi connectivity index (χ0) is 25.5. The van der Waals surface area contributed by atoms with Crippen molar-refractivity contribution in [2.75, 3.05) is 53.0 Å². The van der Waals surface area contributed by atoms with Gasteiger partial charge in [0.1, 0.15) is 11.6 Å². The van der Waals surface area contributed by atoms with E-state index in [1.165, 1.54) is 17.7 Å². The van der Waals surface area contributed by atoms with Gasteiger partial charge in [0.25, 0.3) is 5.89 Å². The van der Waals surface area contributed by atoms with Crippen molar-refractivity contribution in [2.24, 2.45) is 23.7 Å². The van der Waals surface area contributed by atoms with Crippen LogP contribution in [0.25, 0.3) is 0 Å². The minimum absolute atomic E-state index is 0.174. The van der Waals surface area contributed by atoms with Gasteiger partial charge in [-0.2, -0.15) is 0 Å². The fourth-order valence-electron chi connectivity index (χ4n) is 5.52. The molecule has 1 aromatic carbocycles. The van der Waals surface area contributed by atoms with Crippen LogP contribution in [0.15, 0.2) is 40.3 Å². The maximum absolute atomic E-state index is 13.1. The molecule has 1 fully saturated rings. The molecule has 0 radical (unpaired) electrons. The van der Waals surface area contributed by atoms with Gasteiger partial charge in [-0.05, 0) is 61.3 Å². The molecular formula is C28H41FN4O3. The largest absolute Gasteiger partial charge is 0.484 e. The van der Waals surface area contributed by atoms with E-state index in [1.807, 2.05) is 0 Å². The minimum Gasteiger partial charge on any atom is -0.484 e. The summed E-state index contributed by atoms with van der Waals surface area (Å²) in [5.74, 6) is 3.61. The Morgan fingerprint density at radius 2 is 1.75 bits per heavy atom. The molecule has 0 bridgehead atoms. The Kier molecular flexibility index (Phi) is 9.51. The fraction of sp³-hybridized carbons (Fsp3) is 0.643. The van der Waals surface area contributed by atoms with Gasteiger partial charge in [-0.15, -0.1) is 10.2 Å². The molecule has 8 heteroatoms. The lowest BCUT2D eigenvalue weighted by atomic mass is 9.69. The number of benzene rings is 1. The number of piperazine rings is 1. The molecule has 1 aromatic heterocycles. The maximum Gasteiger partial charge on any atom is 0.253 e. The first-order valence-corrected chi connectivity index (χ1v) is 13.2. The van der Waals surface area contributed by atoms with Crippen molar-refractivity contribution < 1.29 is 18.3 Å². The van der Waals surface area contributed by atoms with Crippen LogP contribution in [0.5, 0.6) is 5.75 Å². The third-order valence-corrected chi connectivity index (χ3v) is 7.74. The van der Waals surface area contributed by atoms with Crippen LogP contribution >= 0.6 is 0 Å². The van der Waals surface area contributed by atoms with Gasteiger partial charge in [0.05, 0.1) is 6.61 Å². The fourth-order valence-corrected chi connectivity index (χ4v) is 5.52. The average Bonchev–Trinajstić information content (AvgIpc) is 3.32. The van der Waals surface area contributed by atoms with Crippen LogP contribution in [0.4, 0.5) is 4.39 Å². The number of hydrogen-bond donors (Lipinski definition) is 0. The molecule has 4 rings (SSSR count). The molecule has 3 atom stereocenters. The first-order chi connectivity index (χ1) is 17.4. The predicted molar refractivity (Wildman–Crippen MR) is 137 cm³/mol. The van der Waals surface area contributed by atoms with E-state index in [2.05, 4.69) is 46.8 Å². The van der Waals surface area contributed by atoms with Crippen molar-refractivity contribution in [3.63, 3.8) is 0 Å². The predicted octanol–water partition coefficient (Wildman–Crippen LogP) is 4.45. The Hall–Kier alpha value is -2.29. The summed E-state index contributed by atoms with van der Waals surface area (Å²) in [4.78, 5) is 5.14. The number of aromatic nitrogens is 2. The highest BCUT2D eigenvalue weighted by Gasteiger charge is 2.34. The van der Waals surface area contributed by atoms with E-state index >= 15 is 0 Å². The van der Waals surface area contributed by atoms with Gasteiger partial charge < -0.3 is 18.8 Å². The van der Waals surface area contributed by atoms with Crippen LogP contribution in [-0.4, -0.2) is 73.0 Å². The van der Waals surface area contributed by atoms with E-state index in [1.54, 1.807) is 19.2 Å². The van der Waals surface area contributed by atoms with E-state index in [9.17, 15) is 4.39 Å². The summed E-state index contributed by atoms with van der Waals surface area (Å²) in [6.07, 6.45) is 4.41. The molecule has 0 N–H and O–H groups in total. The summed E-state index contributed by atoms with van der Waals surface area (Å²) in [6, 6.07) is 5.92. The van der Waals surface area contributed by atoms with Crippen molar-refractivity contribution in [1.82, 2.24) is 20.0 Å². The molecule has 0 amide bonds. The summed E-state index contributed by atoms with van der Waals surface area (Å²) in [5.41, 5.74) is 1.43. The van der Waals surface area contributed by atoms with Crippen LogP contribution in [0.3, 0.4) is 0 Å². The van der Waals surface area contributed by atoms with E-state index in [0.717, 1.165) is 58.7 Å². The van der Waals surface area contributed by atoms with Gasteiger partial charge in [-0.3, -0.25) is 4.90 Å². The zero-order valence-corrected chi connectivity index (χ0v) is 22.2. The molecule has 198 valence electrons. The number of methoxy groups -OCH3 is 1. The molecular weight excluding hydrogens is 459 g/mol. The number of halogens is 1. The SMILES string of the molecule is COCCN1CCN(C[C@@H]2C=C(C)[C@H](Cc3nnc(COc4ccc(F)cc4)o3)C[C@H]2C(C)C)CC1. The Morgan fingerprint density at radius 3 is 2.44 bits per heavy atom. The molecule has 2 aromatic rings. The second-order valence-electron chi connectivity index (χ2n) is 10.6. The molecule has 1 saturated heterocycles. The molecule has 1 aliphatic carbocycles. The van der Waals surface area contributed by atoms with Crippen LogP contribution in [0.1, 0.15) is 39.0 Å². The van der Waals surface area contributed by atoms with Crippen LogP contribution in [0, 0.1) is 29.5 Å². The Balaban J connectivity index is 1.31. The first-order valence-electron chi connectivity index (χ1n) is 13.2. The highest BCUT2D eigenvalue weighted by atomic mass is 19.1. The van der Waals surface area contributed by atoms with E-state index in [4.69, 9.17) is 13.9 Å². The minimum atomic E-state index is -0.291.